The standard InChI is InChI=1S/C31H38FN9O2/c1-19-14-26(39-38-19)36-25-15-22-6-5-13-40(3)29(22)28(37-25)21-9-11-31(43-4,12-10-21)30(42)35-20(2)23-7-8-27(33-16-23)41-18-24(32)17-34-41/h7-8,14-18,20-21H,5-6,9-13H2,1-4H3,(H,35,42)(H2,36,37,38,39)/t20-,21?,31?/m0/s1. The fourth-order valence-electron chi connectivity index (χ4n) is 6.33. The molecule has 1 aliphatic carbocycles. The fraction of sp³-hybridized carbons (Fsp3) is 0.452. The van der Waals surface area contributed by atoms with Gasteiger partial charge in [0, 0.05) is 44.6 Å². The van der Waals surface area contributed by atoms with Gasteiger partial charge in [0.15, 0.2) is 17.5 Å². The van der Waals surface area contributed by atoms with Gasteiger partial charge in [-0.1, -0.05) is 6.07 Å². The van der Waals surface area contributed by atoms with Crippen molar-refractivity contribution in [1.82, 2.24) is 35.3 Å². The van der Waals surface area contributed by atoms with Crippen LogP contribution in [0.5, 0.6) is 0 Å². The maximum atomic E-state index is 13.7. The molecule has 0 bridgehead atoms. The highest BCUT2D eigenvalue weighted by Crippen LogP contribution is 2.44. The first-order valence-electron chi connectivity index (χ1n) is 14.8. The highest BCUT2D eigenvalue weighted by Gasteiger charge is 2.44. The van der Waals surface area contributed by atoms with Crippen molar-refractivity contribution in [2.75, 3.05) is 30.9 Å². The number of nitrogens with one attached hydrogen (secondary N) is 3. The number of H-pyrrole nitrogens is 1. The molecule has 0 aromatic carbocycles. The molecule has 12 heteroatoms. The lowest BCUT2D eigenvalue weighted by Gasteiger charge is -2.40. The Balaban J connectivity index is 1.16. The number of carbonyl (C=O) groups is 1. The van der Waals surface area contributed by atoms with E-state index >= 15 is 0 Å². The van der Waals surface area contributed by atoms with Crippen LogP contribution in [0.4, 0.5) is 21.7 Å². The van der Waals surface area contributed by atoms with Crippen molar-refractivity contribution in [2.24, 2.45) is 0 Å². The van der Waals surface area contributed by atoms with E-state index in [0.29, 0.717) is 18.7 Å². The van der Waals surface area contributed by atoms with Crippen molar-refractivity contribution in [3.8, 4) is 5.82 Å². The molecular weight excluding hydrogens is 549 g/mol. The third-order valence-electron chi connectivity index (χ3n) is 8.77. The van der Waals surface area contributed by atoms with Crippen LogP contribution in [-0.2, 0) is 16.0 Å². The lowest BCUT2D eigenvalue weighted by atomic mass is 9.75. The Morgan fingerprint density at radius 3 is 2.67 bits per heavy atom. The maximum Gasteiger partial charge on any atom is 0.252 e. The Labute approximate surface area is 250 Å². The highest BCUT2D eigenvalue weighted by atomic mass is 19.1. The number of aromatic nitrogens is 6. The number of hydrogen-bond donors (Lipinski definition) is 3. The summed E-state index contributed by atoms with van der Waals surface area (Å²) in [6.45, 7) is 4.89. The average Bonchev–Trinajstić information content (AvgIpc) is 3.64. The zero-order valence-electron chi connectivity index (χ0n) is 25.0. The van der Waals surface area contributed by atoms with Crippen molar-refractivity contribution >= 4 is 23.2 Å². The minimum absolute atomic E-state index is 0.129. The molecule has 1 fully saturated rings. The molecule has 4 aromatic heterocycles. The number of anilines is 3. The van der Waals surface area contributed by atoms with E-state index < -0.39 is 11.4 Å². The zero-order chi connectivity index (χ0) is 30.1. The molecule has 226 valence electrons. The van der Waals surface area contributed by atoms with Crippen LogP contribution in [0.1, 0.15) is 73.5 Å². The number of methoxy groups -OCH3 is 1. The molecule has 0 unspecified atom stereocenters. The van der Waals surface area contributed by atoms with Gasteiger partial charge in [-0.15, -0.1) is 0 Å². The number of nitrogens with zero attached hydrogens (tertiary/aromatic N) is 6. The molecule has 6 rings (SSSR count). The Morgan fingerprint density at radius 1 is 1.21 bits per heavy atom. The van der Waals surface area contributed by atoms with Gasteiger partial charge in [-0.25, -0.2) is 19.0 Å². The van der Waals surface area contributed by atoms with Crippen LogP contribution in [0.2, 0.25) is 0 Å². The second-order valence-corrected chi connectivity index (χ2v) is 11.7. The lowest BCUT2D eigenvalue weighted by Crippen LogP contribution is -2.51. The number of aromatic amines is 1. The van der Waals surface area contributed by atoms with Gasteiger partial charge in [0.1, 0.15) is 11.4 Å². The van der Waals surface area contributed by atoms with E-state index in [1.807, 2.05) is 26.0 Å². The van der Waals surface area contributed by atoms with Crippen LogP contribution in [0.25, 0.3) is 5.82 Å². The molecule has 43 heavy (non-hydrogen) atoms. The van der Waals surface area contributed by atoms with Gasteiger partial charge in [0.25, 0.3) is 5.91 Å². The number of ether oxygens (including phenoxy) is 1. The van der Waals surface area contributed by atoms with Crippen LogP contribution < -0.4 is 15.5 Å². The van der Waals surface area contributed by atoms with Crippen molar-refractivity contribution in [1.29, 1.82) is 0 Å². The quantitative estimate of drug-likeness (QED) is 0.266. The molecule has 11 nitrogen and oxygen atoms in total. The average molecular weight is 588 g/mol. The number of carbonyl (C=O) groups excluding carboxylic acids is 1. The predicted octanol–water partition coefficient (Wildman–Crippen LogP) is 4.88. The first-order valence-corrected chi connectivity index (χ1v) is 14.8. The third kappa shape index (κ3) is 5.83. The second-order valence-electron chi connectivity index (χ2n) is 11.7. The molecule has 1 saturated carbocycles. The van der Waals surface area contributed by atoms with E-state index in [1.165, 1.54) is 22.1 Å². The van der Waals surface area contributed by atoms with Gasteiger partial charge in [-0.2, -0.15) is 10.2 Å². The molecule has 3 N–H and O–H groups in total. The molecule has 0 saturated heterocycles. The minimum Gasteiger partial charge on any atom is -0.373 e. The highest BCUT2D eigenvalue weighted by molar-refractivity contribution is 5.85. The second kappa shape index (κ2) is 11.8. The molecule has 5 heterocycles. The number of halogens is 1. The first-order chi connectivity index (χ1) is 20.7. The van der Waals surface area contributed by atoms with Crippen molar-refractivity contribution in [3.05, 3.63) is 71.2 Å². The summed E-state index contributed by atoms with van der Waals surface area (Å²) in [6.07, 6.45) is 8.92. The topological polar surface area (TPSA) is 126 Å². The van der Waals surface area contributed by atoms with Crippen LogP contribution in [0, 0.1) is 12.7 Å². The van der Waals surface area contributed by atoms with Crippen molar-refractivity contribution < 1.29 is 13.9 Å². The Kier molecular flexibility index (Phi) is 7.87. The summed E-state index contributed by atoms with van der Waals surface area (Å²) in [5.74, 6) is 1.68. The summed E-state index contributed by atoms with van der Waals surface area (Å²) >= 11 is 0. The predicted molar refractivity (Wildman–Crippen MR) is 161 cm³/mol. The van der Waals surface area contributed by atoms with E-state index in [9.17, 15) is 9.18 Å². The van der Waals surface area contributed by atoms with Gasteiger partial charge in [0.05, 0.1) is 29.8 Å². The molecule has 4 aromatic rings. The van der Waals surface area contributed by atoms with Crippen LogP contribution in [0.3, 0.4) is 0 Å². The van der Waals surface area contributed by atoms with E-state index in [-0.39, 0.29) is 17.9 Å². The maximum absolute atomic E-state index is 13.7. The lowest BCUT2D eigenvalue weighted by molar-refractivity contribution is -0.148. The first kappa shape index (κ1) is 28.8. The SMILES string of the molecule is COC1(C(=O)N[C@@H](C)c2ccc(-n3cc(F)cn3)nc2)CCC(c2nc(Nc3cc(C)[nH]n3)cc3c2N(C)CCC3)CC1. The van der Waals surface area contributed by atoms with Crippen LogP contribution >= 0.6 is 0 Å². The van der Waals surface area contributed by atoms with Gasteiger partial charge in [-0.05, 0) is 75.6 Å². The Bertz CT molecular complexity index is 1590. The molecule has 2 aliphatic rings. The summed E-state index contributed by atoms with van der Waals surface area (Å²) in [5.41, 5.74) is 4.49. The van der Waals surface area contributed by atoms with Gasteiger partial charge in [0.2, 0.25) is 0 Å². The summed E-state index contributed by atoms with van der Waals surface area (Å²) in [6, 6.07) is 7.43. The van der Waals surface area contributed by atoms with Crippen molar-refractivity contribution in [2.45, 2.75) is 69.9 Å². The van der Waals surface area contributed by atoms with Crippen molar-refractivity contribution in [3.63, 3.8) is 0 Å². The number of rotatable bonds is 8. The number of pyridine rings is 2. The summed E-state index contributed by atoms with van der Waals surface area (Å²) in [7, 11) is 3.76. The number of fused-ring (bicyclic) bond motifs is 1. The summed E-state index contributed by atoms with van der Waals surface area (Å²) in [5, 5.41) is 17.8. The molecule has 0 radical (unpaired) electrons. The number of hydrogen-bond acceptors (Lipinski definition) is 8. The zero-order valence-corrected chi connectivity index (χ0v) is 25.0. The largest absolute Gasteiger partial charge is 0.373 e. The normalized spacial score (nSPS) is 20.9. The van der Waals surface area contributed by atoms with E-state index in [0.717, 1.165) is 67.0 Å². The molecular formula is C31H38FN9O2. The summed E-state index contributed by atoms with van der Waals surface area (Å²) in [4.78, 5) is 25.5. The minimum atomic E-state index is -0.918. The molecule has 0 spiro atoms. The smallest absolute Gasteiger partial charge is 0.252 e. The van der Waals surface area contributed by atoms with Crippen LogP contribution in [-0.4, -0.2) is 62.2 Å². The van der Waals surface area contributed by atoms with E-state index in [2.05, 4.69) is 48.9 Å². The van der Waals surface area contributed by atoms with Gasteiger partial charge >= 0.3 is 0 Å². The monoisotopic (exact) mass is 587 g/mol. The molecule has 1 amide bonds. The Hall–Kier alpha value is -4.32. The molecule has 1 atom stereocenters. The number of aryl methyl sites for hydroxylation is 2. The molecule has 1 aliphatic heterocycles. The van der Waals surface area contributed by atoms with Gasteiger partial charge < -0.3 is 20.3 Å². The number of amides is 1. The summed E-state index contributed by atoms with van der Waals surface area (Å²) < 4.78 is 20.7. The van der Waals surface area contributed by atoms with E-state index in [1.54, 1.807) is 19.4 Å². The Morgan fingerprint density at radius 2 is 2.02 bits per heavy atom. The van der Waals surface area contributed by atoms with Gasteiger partial charge in [-0.3, -0.25) is 9.89 Å². The fourth-order valence-corrected chi connectivity index (χ4v) is 6.33. The van der Waals surface area contributed by atoms with Crippen LogP contribution in [0.15, 0.2) is 42.9 Å². The third-order valence-corrected chi connectivity index (χ3v) is 8.77. The van der Waals surface area contributed by atoms with E-state index in [4.69, 9.17) is 9.72 Å².